The summed E-state index contributed by atoms with van der Waals surface area (Å²) in [7, 11) is 1.62. The molecule has 0 bridgehead atoms. The molecule has 2 aromatic heterocycles. The number of fused-ring (bicyclic) bond motifs is 1. The van der Waals surface area contributed by atoms with Crippen molar-refractivity contribution < 1.29 is 14.3 Å². The largest absolute Gasteiger partial charge is 0.497 e. The van der Waals surface area contributed by atoms with Gasteiger partial charge in [0.25, 0.3) is 0 Å². The number of aromatic nitrogens is 2. The van der Waals surface area contributed by atoms with Crippen molar-refractivity contribution in [3.05, 3.63) is 102 Å². The van der Waals surface area contributed by atoms with Crippen LogP contribution < -0.4 is 10.1 Å². The lowest BCUT2D eigenvalue weighted by Gasteiger charge is -2.22. The number of amides is 2. The van der Waals surface area contributed by atoms with Crippen LogP contribution in [0.25, 0.3) is 5.65 Å². The third kappa shape index (κ3) is 5.12. The number of nitrogens with zero attached hydrogens (tertiary/aromatic N) is 4. The minimum atomic E-state index is -0.236. The van der Waals surface area contributed by atoms with E-state index in [1.54, 1.807) is 7.11 Å². The first kappa shape index (κ1) is 23.3. The highest BCUT2D eigenvalue weighted by molar-refractivity contribution is 6.03. The Morgan fingerprint density at radius 1 is 1.00 bits per heavy atom. The SMILES string of the molecule is COc1ccc([C@H]2CC(c3ccccc3)=NN2C(=O)CCC(=O)NCc2cn3ccccc3n2)cc1. The number of imidazole rings is 1. The number of benzene rings is 2. The van der Waals surface area contributed by atoms with Gasteiger partial charge in [-0.3, -0.25) is 9.59 Å². The molecule has 0 spiro atoms. The van der Waals surface area contributed by atoms with Crippen LogP contribution in [-0.2, 0) is 16.1 Å². The number of carbonyl (C=O) groups is 2. The zero-order chi connectivity index (χ0) is 24.9. The number of nitrogens with one attached hydrogen (secondary N) is 1. The van der Waals surface area contributed by atoms with Gasteiger partial charge in [-0.2, -0.15) is 5.10 Å². The lowest BCUT2D eigenvalue weighted by atomic mass is 9.98. The summed E-state index contributed by atoms with van der Waals surface area (Å²) in [5, 5.41) is 9.07. The molecule has 1 aliphatic heterocycles. The molecule has 0 aliphatic carbocycles. The van der Waals surface area contributed by atoms with Crippen LogP contribution in [-0.4, -0.2) is 39.0 Å². The highest BCUT2D eigenvalue weighted by Crippen LogP contribution is 2.34. The minimum Gasteiger partial charge on any atom is -0.497 e. The average Bonchev–Trinajstić information content (AvgIpc) is 3.56. The normalized spacial score (nSPS) is 15.1. The Kier molecular flexibility index (Phi) is 6.75. The molecule has 36 heavy (non-hydrogen) atoms. The molecule has 182 valence electrons. The molecule has 8 heteroatoms. The monoisotopic (exact) mass is 481 g/mol. The smallest absolute Gasteiger partial charge is 0.243 e. The Labute approximate surface area is 209 Å². The lowest BCUT2D eigenvalue weighted by molar-refractivity contribution is -0.135. The fraction of sp³-hybridized carbons (Fsp3) is 0.214. The number of hydrogen-bond acceptors (Lipinski definition) is 5. The molecular formula is C28H27N5O3. The Balaban J connectivity index is 1.24. The van der Waals surface area contributed by atoms with Crippen molar-refractivity contribution in [2.24, 2.45) is 5.10 Å². The topological polar surface area (TPSA) is 88.3 Å². The molecule has 5 rings (SSSR count). The summed E-state index contributed by atoms with van der Waals surface area (Å²) >= 11 is 0. The quantitative estimate of drug-likeness (QED) is 0.410. The van der Waals surface area contributed by atoms with Gasteiger partial charge in [-0.15, -0.1) is 0 Å². The fourth-order valence-corrected chi connectivity index (χ4v) is 4.32. The summed E-state index contributed by atoms with van der Waals surface area (Å²) in [5.74, 6) is 0.360. The second-order valence-electron chi connectivity index (χ2n) is 8.62. The van der Waals surface area contributed by atoms with E-state index in [1.165, 1.54) is 5.01 Å². The van der Waals surface area contributed by atoms with E-state index in [0.29, 0.717) is 13.0 Å². The molecule has 0 unspecified atom stereocenters. The predicted octanol–water partition coefficient (Wildman–Crippen LogP) is 4.12. The Morgan fingerprint density at radius 2 is 1.78 bits per heavy atom. The number of hydrogen-bond donors (Lipinski definition) is 1. The summed E-state index contributed by atoms with van der Waals surface area (Å²) < 4.78 is 7.18. The molecule has 0 radical (unpaired) electrons. The maximum atomic E-state index is 13.2. The van der Waals surface area contributed by atoms with Gasteiger partial charge in [0, 0.05) is 31.7 Å². The number of hydrazone groups is 1. The van der Waals surface area contributed by atoms with Gasteiger partial charge in [-0.25, -0.2) is 9.99 Å². The van der Waals surface area contributed by atoms with E-state index in [9.17, 15) is 9.59 Å². The number of pyridine rings is 1. The van der Waals surface area contributed by atoms with Crippen molar-refractivity contribution >= 4 is 23.2 Å². The molecular weight excluding hydrogens is 454 g/mol. The van der Waals surface area contributed by atoms with Crippen LogP contribution in [0.15, 0.2) is 90.3 Å². The zero-order valence-corrected chi connectivity index (χ0v) is 20.0. The molecule has 0 saturated carbocycles. The Morgan fingerprint density at radius 3 is 2.53 bits per heavy atom. The van der Waals surface area contributed by atoms with Gasteiger partial charge in [-0.05, 0) is 35.4 Å². The second kappa shape index (κ2) is 10.4. The van der Waals surface area contributed by atoms with E-state index >= 15 is 0 Å². The number of methoxy groups -OCH3 is 1. The first-order valence-corrected chi connectivity index (χ1v) is 11.9. The van der Waals surface area contributed by atoms with Crippen molar-refractivity contribution in [1.82, 2.24) is 19.7 Å². The first-order valence-electron chi connectivity index (χ1n) is 11.9. The van der Waals surface area contributed by atoms with Gasteiger partial charge in [0.05, 0.1) is 31.1 Å². The van der Waals surface area contributed by atoms with Crippen LogP contribution in [0.2, 0.25) is 0 Å². The van der Waals surface area contributed by atoms with Crippen LogP contribution in [0.1, 0.15) is 42.1 Å². The van der Waals surface area contributed by atoms with Gasteiger partial charge in [0.2, 0.25) is 11.8 Å². The van der Waals surface area contributed by atoms with E-state index in [0.717, 1.165) is 33.9 Å². The lowest BCUT2D eigenvalue weighted by Crippen LogP contribution is -2.29. The molecule has 1 aliphatic rings. The van der Waals surface area contributed by atoms with Gasteiger partial charge >= 0.3 is 0 Å². The molecule has 2 amide bonds. The minimum absolute atomic E-state index is 0.0647. The van der Waals surface area contributed by atoms with E-state index in [2.05, 4.69) is 15.4 Å². The van der Waals surface area contributed by atoms with Crippen LogP contribution >= 0.6 is 0 Å². The van der Waals surface area contributed by atoms with Gasteiger partial charge in [0.1, 0.15) is 11.4 Å². The highest BCUT2D eigenvalue weighted by Gasteiger charge is 2.33. The van der Waals surface area contributed by atoms with Crippen molar-refractivity contribution in [2.45, 2.75) is 31.8 Å². The number of carbonyl (C=O) groups excluding carboxylic acids is 2. The van der Waals surface area contributed by atoms with Crippen LogP contribution in [0.5, 0.6) is 5.75 Å². The number of rotatable bonds is 8. The second-order valence-corrected chi connectivity index (χ2v) is 8.62. The molecule has 8 nitrogen and oxygen atoms in total. The molecule has 2 aromatic carbocycles. The van der Waals surface area contributed by atoms with Crippen LogP contribution in [0.3, 0.4) is 0 Å². The van der Waals surface area contributed by atoms with Crippen molar-refractivity contribution in [2.75, 3.05) is 7.11 Å². The summed E-state index contributed by atoms with van der Waals surface area (Å²) in [4.78, 5) is 30.2. The van der Waals surface area contributed by atoms with E-state index in [4.69, 9.17) is 4.74 Å². The van der Waals surface area contributed by atoms with E-state index in [-0.39, 0.29) is 30.7 Å². The fourth-order valence-electron chi connectivity index (χ4n) is 4.32. The maximum absolute atomic E-state index is 13.2. The van der Waals surface area contributed by atoms with Gasteiger partial charge in [0.15, 0.2) is 0 Å². The van der Waals surface area contributed by atoms with Crippen LogP contribution in [0.4, 0.5) is 0 Å². The summed E-state index contributed by atoms with van der Waals surface area (Å²) in [6, 6.07) is 23.0. The van der Waals surface area contributed by atoms with E-state index in [1.807, 2.05) is 89.6 Å². The molecule has 0 fully saturated rings. The third-order valence-electron chi connectivity index (χ3n) is 6.22. The van der Waals surface area contributed by atoms with Crippen molar-refractivity contribution in [3.8, 4) is 5.75 Å². The molecule has 0 saturated heterocycles. The third-order valence-corrected chi connectivity index (χ3v) is 6.22. The summed E-state index contributed by atoms with van der Waals surface area (Å²) in [6.07, 6.45) is 4.53. The van der Waals surface area contributed by atoms with Gasteiger partial charge < -0.3 is 14.5 Å². The standard InChI is InChI=1S/C28H27N5O3/c1-36-23-12-10-21(11-13-23)25-17-24(20-7-3-2-4-8-20)31-33(25)28(35)15-14-27(34)29-18-22-19-32-16-6-5-9-26(32)30-22/h2-13,16,19,25H,14-15,17-18H2,1H3,(H,29,34)/t25-/m1/s1. The molecule has 3 heterocycles. The highest BCUT2D eigenvalue weighted by atomic mass is 16.5. The first-order chi connectivity index (χ1) is 17.6. The maximum Gasteiger partial charge on any atom is 0.243 e. The van der Waals surface area contributed by atoms with Crippen LogP contribution in [0, 0.1) is 0 Å². The van der Waals surface area contributed by atoms with Gasteiger partial charge in [-0.1, -0.05) is 48.5 Å². The average molecular weight is 482 g/mol. The molecule has 4 aromatic rings. The zero-order valence-electron chi connectivity index (χ0n) is 20.0. The Bertz CT molecular complexity index is 1360. The van der Waals surface area contributed by atoms with E-state index < -0.39 is 0 Å². The summed E-state index contributed by atoms with van der Waals surface area (Å²) in [5.41, 5.74) is 4.38. The summed E-state index contributed by atoms with van der Waals surface area (Å²) in [6.45, 7) is 0.309. The molecule has 1 N–H and O–H groups in total. The number of ether oxygens (including phenoxy) is 1. The molecule has 1 atom stereocenters. The Hall–Kier alpha value is -4.46. The predicted molar refractivity (Wildman–Crippen MR) is 136 cm³/mol. The van der Waals surface area contributed by atoms with Crippen molar-refractivity contribution in [3.63, 3.8) is 0 Å². The van der Waals surface area contributed by atoms with Crippen molar-refractivity contribution in [1.29, 1.82) is 0 Å².